The van der Waals surface area contributed by atoms with Crippen LogP contribution in [0.5, 0.6) is 11.5 Å². The van der Waals surface area contributed by atoms with Crippen LogP contribution in [0.15, 0.2) is 36.4 Å². The zero-order valence-electron chi connectivity index (χ0n) is 18.8. The van der Waals surface area contributed by atoms with Crippen molar-refractivity contribution in [3.05, 3.63) is 42.0 Å². The van der Waals surface area contributed by atoms with Gasteiger partial charge in [-0.05, 0) is 67.9 Å². The summed E-state index contributed by atoms with van der Waals surface area (Å²) in [6, 6.07) is 8.18. The summed E-state index contributed by atoms with van der Waals surface area (Å²) in [5.74, 6) is 1.44. The van der Waals surface area contributed by atoms with Crippen LogP contribution in [0, 0.1) is 0 Å². The van der Waals surface area contributed by atoms with Gasteiger partial charge >= 0.3 is 6.18 Å². The lowest BCUT2D eigenvalue weighted by molar-refractivity contribution is -0.137. The van der Waals surface area contributed by atoms with E-state index >= 15 is 0 Å². The molecule has 184 valence electrons. The lowest BCUT2D eigenvalue weighted by Crippen LogP contribution is -2.31. The SMILES string of the molecule is COc1cc2c(Nc3ccc(C(F)(F)F)cc3)nnnc2cc1OCCCN1CCCCC1.Cl. The standard InChI is InChI=1S/C23H26F3N5O2.ClH/c1-32-20-14-18-19(15-21(20)33-13-5-12-31-10-3-2-4-11-31)28-30-29-22(18)27-17-8-6-16(7-9-17)23(24,25)26;/h6-9,14-15H,2-5,10-13H2,1H3,(H,27,28,29);1H. The molecule has 1 aromatic heterocycles. The van der Waals surface area contributed by atoms with Gasteiger partial charge in [0, 0.05) is 18.3 Å². The van der Waals surface area contributed by atoms with Gasteiger partial charge in [0.25, 0.3) is 0 Å². The highest BCUT2D eigenvalue weighted by molar-refractivity contribution is 5.92. The van der Waals surface area contributed by atoms with Crippen LogP contribution in [-0.2, 0) is 6.18 Å². The number of aromatic nitrogens is 3. The molecule has 1 aliphatic rings. The van der Waals surface area contributed by atoms with Crippen LogP contribution in [0.1, 0.15) is 31.2 Å². The second kappa shape index (κ2) is 11.5. The predicted octanol–water partition coefficient (Wildman–Crippen LogP) is 5.47. The molecule has 0 atom stereocenters. The third-order valence-electron chi connectivity index (χ3n) is 5.63. The number of likely N-dealkylation sites (tertiary alicyclic amines) is 1. The molecule has 0 radical (unpaired) electrons. The van der Waals surface area contributed by atoms with E-state index in [9.17, 15) is 13.2 Å². The van der Waals surface area contributed by atoms with Crippen LogP contribution in [0.3, 0.4) is 0 Å². The Labute approximate surface area is 202 Å². The zero-order valence-corrected chi connectivity index (χ0v) is 19.6. The smallest absolute Gasteiger partial charge is 0.416 e. The second-order valence-electron chi connectivity index (χ2n) is 7.96. The van der Waals surface area contributed by atoms with Crippen molar-refractivity contribution in [3.8, 4) is 11.5 Å². The van der Waals surface area contributed by atoms with Gasteiger partial charge in [-0.25, -0.2) is 0 Å². The van der Waals surface area contributed by atoms with E-state index in [0.717, 1.165) is 38.2 Å². The van der Waals surface area contributed by atoms with Gasteiger partial charge in [-0.2, -0.15) is 13.2 Å². The van der Waals surface area contributed by atoms with Crippen LogP contribution in [0.25, 0.3) is 10.9 Å². The highest BCUT2D eigenvalue weighted by Gasteiger charge is 2.30. The molecule has 1 fully saturated rings. The fourth-order valence-corrected chi connectivity index (χ4v) is 3.89. The molecule has 3 aromatic rings. The van der Waals surface area contributed by atoms with Crippen molar-refractivity contribution in [1.82, 2.24) is 20.3 Å². The highest BCUT2D eigenvalue weighted by Crippen LogP contribution is 2.35. The molecule has 4 rings (SSSR count). The molecule has 0 aliphatic carbocycles. The number of ether oxygens (including phenoxy) is 2. The highest BCUT2D eigenvalue weighted by atomic mass is 35.5. The van der Waals surface area contributed by atoms with Gasteiger partial charge < -0.3 is 19.7 Å². The van der Waals surface area contributed by atoms with E-state index in [2.05, 4.69) is 25.6 Å². The fraction of sp³-hybridized carbons (Fsp3) is 0.435. The Hall–Kier alpha value is -2.85. The van der Waals surface area contributed by atoms with Crippen molar-refractivity contribution in [3.63, 3.8) is 0 Å². The number of anilines is 2. The van der Waals surface area contributed by atoms with Gasteiger partial charge in [0.2, 0.25) is 0 Å². The van der Waals surface area contributed by atoms with Crippen molar-refractivity contribution >= 4 is 34.8 Å². The summed E-state index contributed by atoms with van der Waals surface area (Å²) in [5.41, 5.74) is 0.260. The van der Waals surface area contributed by atoms with Gasteiger partial charge in [-0.15, -0.1) is 22.6 Å². The molecule has 1 aliphatic heterocycles. The number of hydrogen-bond acceptors (Lipinski definition) is 7. The van der Waals surface area contributed by atoms with E-state index in [1.165, 1.54) is 31.4 Å². The molecule has 0 bridgehead atoms. The minimum absolute atomic E-state index is 0. The minimum Gasteiger partial charge on any atom is -0.493 e. The van der Waals surface area contributed by atoms with E-state index in [-0.39, 0.29) is 12.4 Å². The third-order valence-corrected chi connectivity index (χ3v) is 5.63. The Morgan fingerprint density at radius 3 is 2.41 bits per heavy atom. The van der Waals surface area contributed by atoms with Crippen LogP contribution < -0.4 is 14.8 Å². The number of hydrogen-bond donors (Lipinski definition) is 1. The first kappa shape index (κ1) is 25.8. The Morgan fingerprint density at radius 2 is 1.74 bits per heavy atom. The van der Waals surface area contributed by atoms with Gasteiger partial charge in [0.05, 0.1) is 24.7 Å². The number of nitrogens with zero attached hydrogens (tertiary/aromatic N) is 4. The molecule has 34 heavy (non-hydrogen) atoms. The summed E-state index contributed by atoms with van der Waals surface area (Å²) in [6.07, 6.45) is 0.347. The number of piperidine rings is 1. The van der Waals surface area contributed by atoms with Crippen molar-refractivity contribution in [2.24, 2.45) is 0 Å². The first-order chi connectivity index (χ1) is 15.9. The molecule has 1 N–H and O–H groups in total. The van der Waals surface area contributed by atoms with E-state index in [1.54, 1.807) is 19.2 Å². The van der Waals surface area contributed by atoms with Crippen LogP contribution in [0.4, 0.5) is 24.7 Å². The number of benzene rings is 2. The molecule has 0 amide bonds. The second-order valence-corrected chi connectivity index (χ2v) is 7.96. The molecule has 0 spiro atoms. The molecular weight excluding hydrogens is 471 g/mol. The van der Waals surface area contributed by atoms with Crippen molar-refractivity contribution in [2.75, 3.05) is 38.7 Å². The van der Waals surface area contributed by atoms with Gasteiger partial charge in [0.1, 0.15) is 5.52 Å². The summed E-state index contributed by atoms with van der Waals surface area (Å²) < 4.78 is 49.9. The quantitative estimate of drug-likeness (QED) is 0.413. The van der Waals surface area contributed by atoms with E-state index in [1.807, 2.05) is 0 Å². The van der Waals surface area contributed by atoms with Gasteiger partial charge in [-0.3, -0.25) is 0 Å². The fourth-order valence-electron chi connectivity index (χ4n) is 3.89. The summed E-state index contributed by atoms with van der Waals surface area (Å²) in [5, 5.41) is 15.5. The average Bonchev–Trinajstić information content (AvgIpc) is 2.82. The summed E-state index contributed by atoms with van der Waals surface area (Å²) in [6.45, 7) is 3.85. The number of nitrogens with one attached hydrogen (secondary N) is 1. The van der Waals surface area contributed by atoms with Crippen LogP contribution >= 0.6 is 12.4 Å². The third kappa shape index (κ3) is 6.38. The number of methoxy groups -OCH3 is 1. The molecule has 0 saturated carbocycles. The van der Waals surface area contributed by atoms with Crippen molar-refractivity contribution in [2.45, 2.75) is 31.9 Å². The lowest BCUT2D eigenvalue weighted by atomic mass is 10.1. The number of rotatable bonds is 8. The molecule has 2 aromatic carbocycles. The zero-order chi connectivity index (χ0) is 23.3. The topological polar surface area (TPSA) is 72.4 Å². The molecule has 0 unspecified atom stereocenters. The maximum atomic E-state index is 12.8. The molecular formula is C23H27ClF3N5O2. The Morgan fingerprint density at radius 1 is 1.00 bits per heavy atom. The monoisotopic (exact) mass is 497 g/mol. The normalized spacial score (nSPS) is 14.5. The molecule has 2 heterocycles. The maximum absolute atomic E-state index is 12.8. The van der Waals surface area contributed by atoms with Gasteiger partial charge in [0.15, 0.2) is 17.3 Å². The summed E-state index contributed by atoms with van der Waals surface area (Å²) in [7, 11) is 1.55. The Bertz CT molecular complexity index is 1080. The average molecular weight is 498 g/mol. The van der Waals surface area contributed by atoms with E-state index < -0.39 is 11.7 Å². The molecule has 1 saturated heterocycles. The van der Waals surface area contributed by atoms with E-state index in [0.29, 0.717) is 40.5 Å². The number of halogens is 4. The van der Waals surface area contributed by atoms with Gasteiger partial charge in [-0.1, -0.05) is 6.42 Å². The lowest BCUT2D eigenvalue weighted by Gasteiger charge is -2.26. The first-order valence-corrected chi connectivity index (χ1v) is 10.9. The first-order valence-electron chi connectivity index (χ1n) is 10.9. The Kier molecular flexibility index (Phi) is 8.73. The van der Waals surface area contributed by atoms with Crippen LogP contribution in [0.2, 0.25) is 0 Å². The number of fused-ring (bicyclic) bond motifs is 1. The van der Waals surface area contributed by atoms with Crippen molar-refractivity contribution in [1.29, 1.82) is 0 Å². The van der Waals surface area contributed by atoms with E-state index in [4.69, 9.17) is 9.47 Å². The molecule has 7 nitrogen and oxygen atoms in total. The summed E-state index contributed by atoms with van der Waals surface area (Å²) >= 11 is 0. The summed E-state index contributed by atoms with van der Waals surface area (Å²) in [4.78, 5) is 2.46. The minimum atomic E-state index is -4.39. The largest absolute Gasteiger partial charge is 0.493 e. The van der Waals surface area contributed by atoms with Crippen LogP contribution in [-0.4, -0.2) is 53.7 Å². The molecule has 11 heteroatoms. The number of alkyl halides is 3. The predicted molar refractivity (Wildman–Crippen MR) is 126 cm³/mol. The Balaban J connectivity index is 0.00000324. The maximum Gasteiger partial charge on any atom is 0.416 e. The van der Waals surface area contributed by atoms with Crippen molar-refractivity contribution < 1.29 is 22.6 Å².